The predicted octanol–water partition coefficient (Wildman–Crippen LogP) is 2.82. The smallest absolute Gasteiger partial charge is 0.0341 e. The number of nitrogens with one attached hydrogen (secondary N) is 1. The van der Waals surface area contributed by atoms with E-state index in [0.717, 1.165) is 23.2 Å². The van der Waals surface area contributed by atoms with Crippen LogP contribution in [0.25, 0.3) is 0 Å². The van der Waals surface area contributed by atoms with Crippen LogP contribution in [0.2, 0.25) is 0 Å². The number of nitrogen functional groups attached to an aromatic ring is 1. The van der Waals surface area contributed by atoms with Crippen LogP contribution in [0.5, 0.6) is 0 Å². The summed E-state index contributed by atoms with van der Waals surface area (Å²) in [6.07, 6.45) is 3.33. The predicted molar refractivity (Wildman–Crippen MR) is 66.9 cm³/mol. The summed E-state index contributed by atoms with van der Waals surface area (Å²) < 4.78 is 0. The third-order valence-electron chi connectivity index (χ3n) is 2.19. The number of hydrogen-bond donors (Lipinski definition) is 2. The van der Waals surface area contributed by atoms with E-state index in [2.05, 4.69) is 18.5 Å². The molecule has 0 amide bonds. The first-order chi connectivity index (χ1) is 6.72. The number of anilines is 2. The van der Waals surface area contributed by atoms with Gasteiger partial charge >= 0.3 is 0 Å². The van der Waals surface area contributed by atoms with Gasteiger partial charge in [-0.15, -0.1) is 0 Å². The molecule has 1 rings (SSSR count). The van der Waals surface area contributed by atoms with Gasteiger partial charge in [0.15, 0.2) is 0 Å². The van der Waals surface area contributed by atoms with E-state index in [9.17, 15) is 0 Å². The SMILES string of the molecule is CSC(C)CCNc1ccc(N)cc1. The molecule has 0 aliphatic heterocycles. The molecule has 2 nitrogen and oxygen atoms in total. The van der Waals surface area contributed by atoms with Crippen molar-refractivity contribution in [3.63, 3.8) is 0 Å². The Hall–Kier alpha value is -0.830. The van der Waals surface area contributed by atoms with Crippen LogP contribution in [0.4, 0.5) is 11.4 Å². The van der Waals surface area contributed by atoms with E-state index < -0.39 is 0 Å². The van der Waals surface area contributed by atoms with Crippen LogP contribution < -0.4 is 11.1 Å². The second-order valence-electron chi connectivity index (χ2n) is 3.38. The maximum Gasteiger partial charge on any atom is 0.0341 e. The van der Waals surface area contributed by atoms with Crippen molar-refractivity contribution in [2.24, 2.45) is 0 Å². The summed E-state index contributed by atoms with van der Waals surface area (Å²) >= 11 is 1.90. The average molecular weight is 210 g/mol. The molecule has 1 atom stereocenters. The monoisotopic (exact) mass is 210 g/mol. The van der Waals surface area contributed by atoms with Crippen molar-refractivity contribution in [3.8, 4) is 0 Å². The van der Waals surface area contributed by atoms with Gasteiger partial charge in [-0.2, -0.15) is 11.8 Å². The lowest BCUT2D eigenvalue weighted by molar-refractivity contribution is 0.854. The second-order valence-corrected chi connectivity index (χ2v) is 4.66. The fourth-order valence-corrected chi connectivity index (χ4v) is 1.49. The molecular weight excluding hydrogens is 192 g/mol. The molecule has 0 saturated heterocycles. The molecular formula is C11H18N2S. The maximum atomic E-state index is 5.59. The van der Waals surface area contributed by atoms with Gasteiger partial charge in [-0.25, -0.2) is 0 Å². The average Bonchev–Trinajstić information content (AvgIpc) is 2.21. The highest BCUT2D eigenvalue weighted by Gasteiger charge is 1.98. The molecule has 0 heterocycles. The summed E-state index contributed by atoms with van der Waals surface area (Å²) in [5.41, 5.74) is 7.55. The Morgan fingerprint density at radius 2 is 2.00 bits per heavy atom. The molecule has 1 aromatic rings. The van der Waals surface area contributed by atoms with E-state index >= 15 is 0 Å². The molecule has 0 spiro atoms. The zero-order valence-electron chi connectivity index (χ0n) is 8.79. The number of rotatable bonds is 5. The first-order valence-corrected chi connectivity index (χ1v) is 6.13. The molecule has 0 bridgehead atoms. The number of thioether (sulfide) groups is 1. The quantitative estimate of drug-likeness (QED) is 0.734. The lowest BCUT2D eigenvalue weighted by Crippen LogP contribution is -2.07. The molecule has 0 fully saturated rings. The van der Waals surface area contributed by atoms with Crippen LogP contribution in [-0.2, 0) is 0 Å². The Balaban J connectivity index is 2.28. The summed E-state index contributed by atoms with van der Waals surface area (Å²) in [6.45, 7) is 3.27. The van der Waals surface area contributed by atoms with Crippen LogP contribution >= 0.6 is 11.8 Å². The molecule has 14 heavy (non-hydrogen) atoms. The number of hydrogen-bond acceptors (Lipinski definition) is 3. The van der Waals surface area contributed by atoms with Crippen molar-refractivity contribution in [1.29, 1.82) is 0 Å². The summed E-state index contributed by atoms with van der Waals surface area (Å²) in [4.78, 5) is 0. The summed E-state index contributed by atoms with van der Waals surface area (Å²) in [7, 11) is 0. The lowest BCUT2D eigenvalue weighted by atomic mass is 10.2. The van der Waals surface area contributed by atoms with Gasteiger partial charge < -0.3 is 11.1 Å². The Kier molecular flexibility index (Phi) is 4.66. The van der Waals surface area contributed by atoms with Gasteiger partial charge in [-0.3, -0.25) is 0 Å². The van der Waals surface area contributed by atoms with Gasteiger partial charge in [0.1, 0.15) is 0 Å². The highest BCUT2D eigenvalue weighted by molar-refractivity contribution is 7.99. The molecule has 3 N–H and O–H groups in total. The summed E-state index contributed by atoms with van der Waals surface area (Å²) in [5, 5.41) is 4.09. The molecule has 0 radical (unpaired) electrons. The van der Waals surface area contributed by atoms with Crippen LogP contribution in [0.15, 0.2) is 24.3 Å². The van der Waals surface area contributed by atoms with E-state index in [0.29, 0.717) is 0 Å². The molecule has 78 valence electrons. The minimum absolute atomic E-state index is 0.719. The Morgan fingerprint density at radius 1 is 1.36 bits per heavy atom. The van der Waals surface area contributed by atoms with Crippen molar-refractivity contribution in [2.75, 3.05) is 23.9 Å². The van der Waals surface area contributed by atoms with E-state index in [4.69, 9.17) is 5.73 Å². The van der Waals surface area contributed by atoms with Crippen LogP contribution in [0, 0.1) is 0 Å². The zero-order chi connectivity index (χ0) is 10.4. The molecule has 3 heteroatoms. The van der Waals surface area contributed by atoms with Gasteiger partial charge in [0.2, 0.25) is 0 Å². The third-order valence-corrected chi connectivity index (χ3v) is 3.23. The van der Waals surface area contributed by atoms with Gasteiger partial charge in [0.05, 0.1) is 0 Å². The second kappa shape index (κ2) is 5.81. The minimum Gasteiger partial charge on any atom is -0.399 e. The van der Waals surface area contributed by atoms with E-state index in [1.54, 1.807) is 0 Å². The Bertz CT molecular complexity index is 258. The molecule has 0 aliphatic carbocycles. The molecule has 1 aromatic carbocycles. The topological polar surface area (TPSA) is 38.0 Å². The van der Waals surface area contributed by atoms with Crippen LogP contribution in [0.3, 0.4) is 0 Å². The van der Waals surface area contributed by atoms with Crippen molar-refractivity contribution in [2.45, 2.75) is 18.6 Å². The number of benzene rings is 1. The van der Waals surface area contributed by atoms with Gasteiger partial charge in [0.25, 0.3) is 0 Å². The highest BCUT2D eigenvalue weighted by atomic mass is 32.2. The molecule has 0 saturated carbocycles. The van der Waals surface area contributed by atoms with Crippen molar-refractivity contribution < 1.29 is 0 Å². The van der Waals surface area contributed by atoms with Crippen molar-refractivity contribution in [1.82, 2.24) is 0 Å². The fourth-order valence-electron chi connectivity index (χ4n) is 1.14. The Morgan fingerprint density at radius 3 is 2.57 bits per heavy atom. The van der Waals surface area contributed by atoms with Crippen LogP contribution in [-0.4, -0.2) is 18.1 Å². The minimum atomic E-state index is 0.719. The van der Waals surface area contributed by atoms with Crippen molar-refractivity contribution >= 4 is 23.1 Å². The van der Waals surface area contributed by atoms with E-state index in [1.165, 1.54) is 6.42 Å². The van der Waals surface area contributed by atoms with E-state index in [1.807, 2.05) is 36.0 Å². The summed E-state index contributed by atoms with van der Waals surface area (Å²) in [6, 6.07) is 7.86. The highest BCUT2D eigenvalue weighted by Crippen LogP contribution is 2.12. The van der Waals surface area contributed by atoms with Gasteiger partial charge in [-0.05, 0) is 36.9 Å². The molecule has 1 unspecified atom stereocenters. The maximum absolute atomic E-state index is 5.59. The number of nitrogens with two attached hydrogens (primary N) is 1. The van der Waals surface area contributed by atoms with Crippen LogP contribution in [0.1, 0.15) is 13.3 Å². The van der Waals surface area contributed by atoms with Crippen molar-refractivity contribution in [3.05, 3.63) is 24.3 Å². The van der Waals surface area contributed by atoms with E-state index in [-0.39, 0.29) is 0 Å². The summed E-state index contributed by atoms with van der Waals surface area (Å²) in [5.74, 6) is 0. The zero-order valence-corrected chi connectivity index (χ0v) is 9.60. The Labute approximate surface area is 90.3 Å². The lowest BCUT2D eigenvalue weighted by Gasteiger charge is -2.10. The largest absolute Gasteiger partial charge is 0.399 e. The normalized spacial score (nSPS) is 12.4. The van der Waals surface area contributed by atoms with Gasteiger partial charge in [-0.1, -0.05) is 6.92 Å². The first-order valence-electron chi connectivity index (χ1n) is 4.84. The third kappa shape index (κ3) is 3.92. The fraction of sp³-hybridized carbons (Fsp3) is 0.455. The molecule has 0 aromatic heterocycles. The van der Waals surface area contributed by atoms with Gasteiger partial charge in [0, 0.05) is 23.2 Å². The first kappa shape index (κ1) is 11.2. The standard InChI is InChI=1S/C11H18N2S/c1-9(14-2)7-8-13-11-5-3-10(12)4-6-11/h3-6,9,13H,7-8,12H2,1-2H3. The molecule has 0 aliphatic rings.